The molecule has 1 heterocycles. The molecule has 2 aromatic rings. The summed E-state index contributed by atoms with van der Waals surface area (Å²) in [4.78, 5) is 27.6. The SMILES string of the molecule is O=C(Cc1cc(F)ccc1F)N1CCN(C(=O)c2ccccc2F)CC1. The molecule has 1 aliphatic heterocycles. The lowest BCUT2D eigenvalue weighted by molar-refractivity contribution is -0.132. The van der Waals surface area contributed by atoms with Crippen LogP contribution in [0.1, 0.15) is 15.9 Å². The smallest absolute Gasteiger partial charge is 0.256 e. The highest BCUT2D eigenvalue weighted by atomic mass is 19.1. The average Bonchev–Trinajstić information content (AvgIpc) is 2.64. The first-order chi connectivity index (χ1) is 12.5. The molecule has 2 aromatic carbocycles. The molecule has 4 nitrogen and oxygen atoms in total. The molecule has 0 spiro atoms. The fourth-order valence-electron chi connectivity index (χ4n) is 2.92. The quantitative estimate of drug-likeness (QED) is 0.842. The van der Waals surface area contributed by atoms with Crippen molar-refractivity contribution in [3.8, 4) is 0 Å². The molecule has 0 radical (unpaired) electrons. The van der Waals surface area contributed by atoms with Gasteiger partial charge in [0.05, 0.1) is 12.0 Å². The molecule has 0 N–H and O–H groups in total. The van der Waals surface area contributed by atoms with Gasteiger partial charge in [-0.3, -0.25) is 9.59 Å². The average molecular weight is 362 g/mol. The minimum atomic E-state index is -0.631. The number of rotatable bonds is 3. The third kappa shape index (κ3) is 3.87. The van der Waals surface area contributed by atoms with Crippen molar-refractivity contribution in [2.45, 2.75) is 6.42 Å². The third-order valence-electron chi connectivity index (χ3n) is 4.37. The van der Waals surface area contributed by atoms with Crippen LogP contribution in [0.3, 0.4) is 0 Å². The van der Waals surface area contributed by atoms with Crippen molar-refractivity contribution < 1.29 is 22.8 Å². The Hall–Kier alpha value is -2.83. The van der Waals surface area contributed by atoms with Gasteiger partial charge in [0.1, 0.15) is 17.5 Å². The van der Waals surface area contributed by atoms with Gasteiger partial charge in [0.25, 0.3) is 5.91 Å². The summed E-state index contributed by atoms with van der Waals surface area (Å²) in [6.45, 7) is 1.03. The lowest BCUT2D eigenvalue weighted by Crippen LogP contribution is -2.51. The predicted molar refractivity (Wildman–Crippen MR) is 88.9 cm³/mol. The van der Waals surface area contributed by atoms with Crippen molar-refractivity contribution in [2.24, 2.45) is 0 Å². The largest absolute Gasteiger partial charge is 0.339 e. The van der Waals surface area contributed by atoms with Crippen LogP contribution in [0.4, 0.5) is 13.2 Å². The highest BCUT2D eigenvalue weighted by Gasteiger charge is 2.26. The van der Waals surface area contributed by atoms with Crippen molar-refractivity contribution in [3.63, 3.8) is 0 Å². The lowest BCUT2D eigenvalue weighted by Gasteiger charge is -2.35. The van der Waals surface area contributed by atoms with E-state index in [1.165, 1.54) is 28.0 Å². The maximum atomic E-state index is 13.7. The number of carbonyl (C=O) groups excluding carboxylic acids is 2. The Bertz CT molecular complexity index is 833. The second-order valence-electron chi connectivity index (χ2n) is 6.07. The standard InChI is InChI=1S/C19H17F3N2O2/c20-14-5-6-16(21)13(11-14)12-18(25)23-7-9-24(10-8-23)19(26)15-3-1-2-4-17(15)22/h1-6,11H,7-10,12H2. The van der Waals surface area contributed by atoms with Crippen LogP contribution in [0.5, 0.6) is 0 Å². The summed E-state index contributed by atoms with van der Waals surface area (Å²) >= 11 is 0. The van der Waals surface area contributed by atoms with Crippen LogP contribution in [0.25, 0.3) is 0 Å². The van der Waals surface area contributed by atoms with E-state index >= 15 is 0 Å². The van der Waals surface area contributed by atoms with Crippen LogP contribution >= 0.6 is 0 Å². The van der Waals surface area contributed by atoms with Gasteiger partial charge < -0.3 is 9.80 Å². The molecule has 26 heavy (non-hydrogen) atoms. The zero-order chi connectivity index (χ0) is 18.7. The van der Waals surface area contributed by atoms with Gasteiger partial charge in [-0.05, 0) is 30.3 Å². The van der Waals surface area contributed by atoms with E-state index < -0.39 is 23.4 Å². The number of piperazine rings is 1. The van der Waals surface area contributed by atoms with Gasteiger partial charge >= 0.3 is 0 Å². The summed E-state index contributed by atoms with van der Waals surface area (Å²) in [5.41, 5.74) is -0.00558. The van der Waals surface area contributed by atoms with Crippen molar-refractivity contribution in [2.75, 3.05) is 26.2 Å². The second kappa shape index (κ2) is 7.59. The number of hydrogen-bond acceptors (Lipinski definition) is 2. The van der Waals surface area contributed by atoms with Gasteiger partial charge in [-0.15, -0.1) is 0 Å². The van der Waals surface area contributed by atoms with E-state index in [1.54, 1.807) is 6.07 Å². The van der Waals surface area contributed by atoms with Crippen LogP contribution in [-0.4, -0.2) is 47.8 Å². The number of carbonyl (C=O) groups is 2. The molecule has 2 amide bonds. The van der Waals surface area contributed by atoms with E-state index in [-0.39, 0.29) is 49.6 Å². The molecular weight excluding hydrogens is 345 g/mol. The molecule has 0 saturated carbocycles. The molecule has 1 saturated heterocycles. The highest BCUT2D eigenvalue weighted by Crippen LogP contribution is 2.15. The van der Waals surface area contributed by atoms with Crippen LogP contribution in [0.15, 0.2) is 42.5 Å². The Balaban J connectivity index is 1.60. The fraction of sp³-hybridized carbons (Fsp3) is 0.263. The summed E-state index contributed by atoms with van der Waals surface area (Å²) in [5.74, 6) is -2.58. The molecule has 3 rings (SSSR count). The molecule has 0 bridgehead atoms. The number of hydrogen-bond donors (Lipinski definition) is 0. The summed E-state index contributed by atoms with van der Waals surface area (Å²) in [6, 6.07) is 8.73. The Morgan fingerprint density at radius 3 is 2.19 bits per heavy atom. The molecule has 1 fully saturated rings. The van der Waals surface area contributed by atoms with Gasteiger partial charge in [0.15, 0.2) is 0 Å². The monoisotopic (exact) mass is 362 g/mol. The normalized spacial score (nSPS) is 14.4. The molecular formula is C19H17F3N2O2. The maximum Gasteiger partial charge on any atom is 0.256 e. The van der Waals surface area contributed by atoms with E-state index in [2.05, 4.69) is 0 Å². The second-order valence-corrected chi connectivity index (χ2v) is 6.07. The summed E-state index contributed by atoms with van der Waals surface area (Å²) in [6.07, 6.45) is -0.245. The van der Waals surface area contributed by atoms with E-state index in [4.69, 9.17) is 0 Å². The van der Waals surface area contributed by atoms with Crippen LogP contribution in [0.2, 0.25) is 0 Å². The topological polar surface area (TPSA) is 40.6 Å². The molecule has 0 atom stereocenters. The number of halogens is 3. The van der Waals surface area contributed by atoms with Crippen LogP contribution in [0, 0.1) is 17.5 Å². The molecule has 0 aliphatic carbocycles. The van der Waals surface area contributed by atoms with Gasteiger partial charge in [-0.2, -0.15) is 0 Å². The first-order valence-electron chi connectivity index (χ1n) is 8.21. The van der Waals surface area contributed by atoms with Gasteiger partial charge in [-0.25, -0.2) is 13.2 Å². The molecule has 7 heteroatoms. The van der Waals surface area contributed by atoms with E-state index in [1.807, 2.05) is 0 Å². The Morgan fingerprint density at radius 1 is 0.846 bits per heavy atom. The third-order valence-corrected chi connectivity index (χ3v) is 4.37. The van der Waals surface area contributed by atoms with Crippen LogP contribution in [-0.2, 0) is 11.2 Å². The summed E-state index contributed by atoms with van der Waals surface area (Å²) in [7, 11) is 0. The molecule has 0 aromatic heterocycles. The molecule has 0 unspecified atom stereocenters. The van der Waals surface area contributed by atoms with Gasteiger partial charge in [0, 0.05) is 31.7 Å². The maximum absolute atomic E-state index is 13.7. The predicted octanol–water partition coefficient (Wildman–Crippen LogP) is 2.63. The minimum absolute atomic E-state index is 0.000127. The minimum Gasteiger partial charge on any atom is -0.339 e. The van der Waals surface area contributed by atoms with Crippen molar-refractivity contribution in [1.82, 2.24) is 9.80 Å². The van der Waals surface area contributed by atoms with Crippen molar-refractivity contribution >= 4 is 11.8 Å². The summed E-state index contributed by atoms with van der Waals surface area (Å²) in [5, 5.41) is 0. The number of benzene rings is 2. The Kier molecular flexibility index (Phi) is 5.25. The van der Waals surface area contributed by atoms with E-state index in [0.29, 0.717) is 0 Å². The molecule has 1 aliphatic rings. The number of amides is 2. The first-order valence-corrected chi connectivity index (χ1v) is 8.21. The van der Waals surface area contributed by atoms with Crippen molar-refractivity contribution in [1.29, 1.82) is 0 Å². The lowest BCUT2D eigenvalue weighted by atomic mass is 10.1. The fourth-order valence-corrected chi connectivity index (χ4v) is 2.92. The molecule has 136 valence electrons. The Morgan fingerprint density at radius 2 is 1.50 bits per heavy atom. The Labute approximate surface area is 148 Å². The zero-order valence-electron chi connectivity index (χ0n) is 13.9. The van der Waals surface area contributed by atoms with E-state index in [0.717, 1.165) is 18.2 Å². The van der Waals surface area contributed by atoms with Crippen LogP contribution < -0.4 is 0 Å². The summed E-state index contributed by atoms with van der Waals surface area (Å²) < 4.78 is 40.6. The van der Waals surface area contributed by atoms with Gasteiger partial charge in [-0.1, -0.05) is 12.1 Å². The highest BCUT2D eigenvalue weighted by molar-refractivity contribution is 5.94. The van der Waals surface area contributed by atoms with E-state index in [9.17, 15) is 22.8 Å². The van der Waals surface area contributed by atoms with Gasteiger partial charge in [0.2, 0.25) is 5.91 Å². The number of nitrogens with zero attached hydrogens (tertiary/aromatic N) is 2. The van der Waals surface area contributed by atoms with Crippen molar-refractivity contribution in [3.05, 3.63) is 71.0 Å². The first kappa shape index (κ1) is 18.0. The zero-order valence-corrected chi connectivity index (χ0v) is 13.9.